The standard InChI is InChI=1S/C11H10INO2S/c1-2-15-11(14)5-7-3-9(12)8(6-13)10(16)4-7/h3-4,16H,2,5H2,1H3. The number of nitrogens with zero attached hydrogens (tertiary/aromatic N) is 1. The second-order valence-electron chi connectivity index (χ2n) is 3.07. The molecular weight excluding hydrogens is 337 g/mol. The Morgan fingerprint density at radius 3 is 2.81 bits per heavy atom. The van der Waals surface area contributed by atoms with Gasteiger partial charge in [-0.25, -0.2) is 0 Å². The first-order valence-corrected chi connectivity index (χ1v) is 6.18. The second kappa shape index (κ2) is 6.11. The van der Waals surface area contributed by atoms with Crippen LogP contribution in [0.5, 0.6) is 0 Å². The predicted octanol–water partition coefficient (Wildman–Crippen LogP) is 2.56. The van der Waals surface area contributed by atoms with Crippen LogP contribution >= 0.6 is 35.2 Å². The highest BCUT2D eigenvalue weighted by molar-refractivity contribution is 14.1. The lowest BCUT2D eigenvalue weighted by molar-refractivity contribution is -0.142. The van der Waals surface area contributed by atoms with Crippen molar-refractivity contribution >= 4 is 41.2 Å². The van der Waals surface area contributed by atoms with Crippen LogP contribution < -0.4 is 0 Å². The van der Waals surface area contributed by atoms with Crippen molar-refractivity contribution in [2.24, 2.45) is 0 Å². The van der Waals surface area contributed by atoms with Crippen molar-refractivity contribution in [2.75, 3.05) is 6.61 Å². The van der Waals surface area contributed by atoms with Crippen LogP contribution in [0.25, 0.3) is 0 Å². The molecule has 0 aliphatic heterocycles. The molecule has 0 radical (unpaired) electrons. The smallest absolute Gasteiger partial charge is 0.310 e. The molecule has 0 aromatic heterocycles. The van der Waals surface area contributed by atoms with Gasteiger partial charge in [0.1, 0.15) is 6.07 Å². The summed E-state index contributed by atoms with van der Waals surface area (Å²) in [4.78, 5) is 11.9. The maximum absolute atomic E-state index is 11.3. The Hall–Kier alpha value is -0.740. The summed E-state index contributed by atoms with van der Waals surface area (Å²) in [7, 11) is 0. The lowest BCUT2D eigenvalue weighted by Crippen LogP contribution is -2.08. The van der Waals surface area contributed by atoms with E-state index in [1.54, 1.807) is 19.1 Å². The van der Waals surface area contributed by atoms with Crippen LogP contribution in [0.15, 0.2) is 17.0 Å². The first-order chi connectivity index (χ1) is 7.58. The third-order valence-electron chi connectivity index (χ3n) is 1.89. The van der Waals surface area contributed by atoms with Crippen molar-refractivity contribution in [1.82, 2.24) is 0 Å². The van der Waals surface area contributed by atoms with Crippen LogP contribution in [-0.2, 0) is 16.0 Å². The molecule has 0 saturated carbocycles. The highest BCUT2D eigenvalue weighted by Crippen LogP contribution is 2.22. The first-order valence-electron chi connectivity index (χ1n) is 4.65. The summed E-state index contributed by atoms with van der Waals surface area (Å²) < 4.78 is 5.65. The molecule has 84 valence electrons. The van der Waals surface area contributed by atoms with E-state index in [2.05, 4.69) is 41.3 Å². The number of rotatable bonds is 3. The number of hydrogen-bond donors (Lipinski definition) is 1. The van der Waals surface area contributed by atoms with E-state index in [0.717, 1.165) is 9.13 Å². The zero-order valence-corrected chi connectivity index (χ0v) is 11.7. The fourth-order valence-electron chi connectivity index (χ4n) is 1.24. The largest absolute Gasteiger partial charge is 0.466 e. The number of nitriles is 1. The minimum absolute atomic E-state index is 0.211. The third kappa shape index (κ3) is 3.39. The van der Waals surface area contributed by atoms with Crippen molar-refractivity contribution in [3.8, 4) is 6.07 Å². The molecule has 0 atom stereocenters. The van der Waals surface area contributed by atoms with E-state index < -0.39 is 0 Å². The summed E-state index contributed by atoms with van der Waals surface area (Å²) >= 11 is 6.27. The van der Waals surface area contributed by atoms with Gasteiger partial charge in [-0.2, -0.15) is 5.26 Å². The van der Waals surface area contributed by atoms with Gasteiger partial charge in [-0.05, 0) is 47.2 Å². The highest BCUT2D eigenvalue weighted by Gasteiger charge is 2.09. The van der Waals surface area contributed by atoms with E-state index in [1.165, 1.54) is 0 Å². The molecule has 16 heavy (non-hydrogen) atoms. The molecule has 0 aliphatic rings. The monoisotopic (exact) mass is 347 g/mol. The molecule has 0 unspecified atom stereocenters. The summed E-state index contributed by atoms with van der Waals surface area (Å²) in [5.41, 5.74) is 1.35. The van der Waals surface area contributed by atoms with Gasteiger partial charge >= 0.3 is 5.97 Å². The van der Waals surface area contributed by atoms with E-state index >= 15 is 0 Å². The number of benzene rings is 1. The molecule has 0 amide bonds. The molecule has 1 aromatic rings. The van der Waals surface area contributed by atoms with Gasteiger partial charge in [0.05, 0.1) is 18.6 Å². The van der Waals surface area contributed by atoms with Gasteiger partial charge in [0.2, 0.25) is 0 Å². The van der Waals surface area contributed by atoms with Crippen LogP contribution in [0, 0.1) is 14.9 Å². The number of carbonyl (C=O) groups is 1. The van der Waals surface area contributed by atoms with Gasteiger partial charge in [0, 0.05) is 8.47 Å². The maximum Gasteiger partial charge on any atom is 0.310 e. The van der Waals surface area contributed by atoms with Crippen molar-refractivity contribution in [2.45, 2.75) is 18.2 Å². The minimum atomic E-state index is -0.268. The lowest BCUT2D eigenvalue weighted by atomic mass is 10.1. The van der Waals surface area contributed by atoms with Gasteiger partial charge in [-0.3, -0.25) is 4.79 Å². The van der Waals surface area contributed by atoms with Crippen molar-refractivity contribution in [3.63, 3.8) is 0 Å². The van der Waals surface area contributed by atoms with Crippen LogP contribution in [-0.4, -0.2) is 12.6 Å². The number of carbonyl (C=O) groups excluding carboxylic acids is 1. The minimum Gasteiger partial charge on any atom is -0.466 e. The fourth-order valence-corrected chi connectivity index (χ4v) is 2.60. The Kier molecular flexibility index (Phi) is 5.09. The van der Waals surface area contributed by atoms with Crippen LogP contribution in [0.1, 0.15) is 18.1 Å². The molecule has 0 heterocycles. The molecule has 3 nitrogen and oxygen atoms in total. The van der Waals surface area contributed by atoms with Gasteiger partial charge < -0.3 is 4.74 Å². The van der Waals surface area contributed by atoms with Crippen molar-refractivity contribution < 1.29 is 9.53 Å². The maximum atomic E-state index is 11.3. The van der Waals surface area contributed by atoms with Crippen LogP contribution in [0.4, 0.5) is 0 Å². The van der Waals surface area contributed by atoms with Gasteiger partial charge in [-0.15, -0.1) is 12.6 Å². The Morgan fingerprint density at radius 1 is 1.62 bits per heavy atom. The number of hydrogen-bond acceptors (Lipinski definition) is 4. The zero-order valence-electron chi connectivity index (χ0n) is 8.66. The topological polar surface area (TPSA) is 50.1 Å². The van der Waals surface area contributed by atoms with Crippen LogP contribution in [0.3, 0.4) is 0 Å². The van der Waals surface area contributed by atoms with Crippen molar-refractivity contribution in [3.05, 3.63) is 26.8 Å². The quantitative estimate of drug-likeness (QED) is 0.519. The normalized spacial score (nSPS) is 9.62. The molecule has 0 N–H and O–H groups in total. The lowest BCUT2D eigenvalue weighted by Gasteiger charge is -2.05. The van der Waals surface area contributed by atoms with E-state index in [4.69, 9.17) is 10.00 Å². The Bertz CT molecular complexity index is 431. The number of halogens is 1. The Morgan fingerprint density at radius 2 is 2.31 bits per heavy atom. The summed E-state index contributed by atoms with van der Waals surface area (Å²) in [5.74, 6) is -0.268. The Labute approximate surface area is 113 Å². The number of thiol groups is 1. The second-order valence-corrected chi connectivity index (χ2v) is 4.71. The average Bonchev–Trinajstić information content (AvgIpc) is 2.17. The van der Waals surface area contributed by atoms with Crippen molar-refractivity contribution in [1.29, 1.82) is 5.26 Å². The molecule has 0 spiro atoms. The average molecular weight is 347 g/mol. The molecule has 0 aliphatic carbocycles. The third-order valence-corrected chi connectivity index (χ3v) is 3.10. The van der Waals surface area contributed by atoms with E-state index in [-0.39, 0.29) is 12.4 Å². The zero-order chi connectivity index (χ0) is 12.1. The van der Waals surface area contributed by atoms with E-state index in [9.17, 15) is 4.79 Å². The number of ether oxygens (including phenoxy) is 1. The van der Waals surface area contributed by atoms with E-state index in [1.807, 2.05) is 0 Å². The molecular formula is C11H10INO2S. The molecule has 1 rings (SSSR count). The SMILES string of the molecule is CCOC(=O)Cc1cc(S)c(C#N)c(I)c1. The summed E-state index contributed by atoms with van der Waals surface area (Å²) in [6.45, 7) is 2.14. The fraction of sp³-hybridized carbons (Fsp3) is 0.273. The first kappa shape index (κ1) is 13.3. The summed E-state index contributed by atoms with van der Waals surface area (Å²) in [6.07, 6.45) is 0.211. The molecule has 0 fully saturated rings. The highest BCUT2D eigenvalue weighted by atomic mass is 127. The molecule has 1 aromatic carbocycles. The predicted molar refractivity (Wildman–Crippen MR) is 71.5 cm³/mol. The van der Waals surface area contributed by atoms with Gasteiger partial charge in [0.25, 0.3) is 0 Å². The van der Waals surface area contributed by atoms with Crippen LogP contribution in [0.2, 0.25) is 0 Å². The van der Waals surface area contributed by atoms with E-state index in [0.29, 0.717) is 17.1 Å². The summed E-state index contributed by atoms with van der Waals surface area (Å²) in [5, 5.41) is 8.86. The number of esters is 1. The molecule has 0 saturated heterocycles. The summed E-state index contributed by atoms with van der Waals surface area (Å²) in [6, 6.07) is 5.59. The molecule has 0 bridgehead atoms. The molecule has 5 heteroatoms. The Balaban J connectivity index is 2.93. The van der Waals surface area contributed by atoms with Gasteiger partial charge in [0.15, 0.2) is 0 Å². The van der Waals surface area contributed by atoms with Gasteiger partial charge in [-0.1, -0.05) is 0 Å².